The number of carbonyl (C=O) groups is 2. The van der Waals surface area contributed by atoms with Gasteiger partial charge in [0.2, 0.25) is 0 Å². The number of aliphatic carboxylic acids is 1. The van der Waals surface area contributed by atoms with Gasteiger partial charge in [0.1, 0.15) is 0 Å². The van der Waals surface area contributed by atoms with Crippen molar-refractivity contribution in [1.29, 1.82) is 0 Å². The first-order valence-corrected chi connectivity index (χ1v) is 6.75. The lowest BCUT2D eigenvalue weighted by Crippen LogP contribution is -2.49. The highest BCUT2D eigenvalue weighted by Gasteiger charge is 2.43. The number of allylic oxidation sites excluding steroid dienone is 1. The number of rotatable bonds is 4. The molecule has 1 aliphatic rings. The highest BCUT2D eigenvalue weighted by Crippen LogP contribution is 2.35. The molecule has 108 valence electrons. The molecule has 20 heavy (non-hydrogen) atoms. The van der Waals surface area contributed by atoms with E-state index in [2.05, 4.69) is 6.58 Å². The summed E-state index contributed by atoms with van der Waals surface area (Å²) < 4.78 is 5.09. The van der Waals surface area contributed by atoms with Crippen molar-refractivity contribution in [3.05, 3.63) is 35.8 Å². The SMILES string of the molecule is C=CC[C@@]1(C(=O)O)CCCN(C(=O)c2ccc(Cl)o2)C1. The highest BCUT2D eigenvalue weighted by molar-refractivity contribution is 6.29. The Morgan fingerprint density at radius 1 is 1.55 bits per heavy atom. The van der Waals surface area contributed by atoms with Gasteiger partial charge in [0.05, 0.1) is 5.41 Å². The summed E-state index contributed by atoms with van der Waals surface area (Å²) >= 11 is 5.65. The normalized spacial score (nSPS) is 22.6. The van der Waals surface area contributed by atoms with Crippen LogP contribution in [-0.2, 0) is 4.79 Å². The molecule has 0 bridgehead atoms. The van der Waals surface area contributed by atoms with E-state index in [1.807, 2.05) is 0 Å². The summed E-state index contributed by atoms with van der Waals surface area (Å²) in [5, 5.41) is 9.60. The Morgan fingerprint density at radius 2 is 2.30 bits per heavy atom. The zero-order chi connectivity index (χ0) is 14.8. The summed E-state index contributed by atoms with van der Waals surface area (Å²) in [4.78, 5) is 25.3. The Balaban J connectivity index is 2.19. The van der Waals surface area contributed by atoms with Gasteiger partial charge >= 0.3 is 5.97 Å². The summed E-state index contributed by atoms with van der Waals surface area (Å²) in [6.45, 7) is 4.29. The molecule has 1 aromatic heterocycles. The predicted molar refractivity (Wildman–Crippen MR) is 73.7 cm³/mol. The number of piperidine rings is 1. The van der Waals surface area contributed by atoms with Gasteiger partial charge < -0.3 is 14.4 Å². The molecule has 1 atom stereocenters. The number of hydrogen-bond donors (Lipinski definition) is 1. The number of carbonyl (C=O) groups excluding carboxylic acids is 1. The molecule has 0 saturated carbocycles. The number of amides is 1. The fourth-order valence-corrected chi connectivity index (χ4v) is 2.74. The van der Waals surface area contributed by atoms with E-state index in [0.29, 0.717) is 25.8 Å². The molecule has 1 aromatic rings. The average Bonchev–Trinajstić information content (AvgIpc) is 2.85. The van der Waals surface area contributed by atoms with Crippen LogP contribution in [0.5, 0.6) is 0 Å². The van der Waals surface area contributed by atoms with Crippen molar-refractivity contribution < 1.29 is 19.1 Å². The van der Waals surface area contributed by atoms with Crippen LogP contribution in [0.1, 0.15) is 29.8 Å². The lowest BCUT2D eigenvalue weighted by molar-refractivity contribution is -0.151. The van der Waals surface area contributed by atoms with Gasteiger partial charge in [-0.05, 0) is 43.0 Å². The number of halogens is 1. The Labute approximate surface area is 121 Å². The van der Waals surface area contributed by atoms with Crippen LogP contribution in [0.3, 0.4) is 0 Å². The topological polar surface area (TPSA) is 70.8 Å². The minimum Gasteiger partial charge on any atom is -0.481 e. The number of hydrogen-bond acceptors (Lipinski definition) is 3. The monoisotopic (exact) mass is 297 g/mol. The molecular weight excluding hydrogens is 282 g/mol. The zero-order valence-electron chi connectivity index (χ0n) is 11.0. The molecule has 0 aromatic carbocycles. The van der Waals surface area contributed by atoms with Gasteiger partial charge in [0.15, 0.2) is 11.0 Å². The summed E-state index contributed by atoms with van der Waals surface area (Å²) in [5.41, 5.74) is -0.952. The number of furan rings is 1. The van der Waals surface area contributed by atoms with E-state index in [9.17, 15) is 14.7 Å². The second-order valence-electron chi connectivity index (χ2n) is 5.01. The summed E-state index contributed by atoms with van der Waals surface area (Å²) in [7, 11) is 0. The number of carboxylic acid groups (broad SMARTS) is 1. The van der Waals surface area contributed by atoms with E-state index < -0.39 is 11.4 Å². The highest BCUT2D eigenvalue weighted by atomic mass is 35.5. The van der Waals surface area contributed by atoms with E-state index in [4.69, 9.17) is 16.0 Å². The lowest BCUT2D eigenvalue weighted by atomic mass is 9.77. The van der Waals surface area contributed by atoms with Crippen molar-refractivity contribution >= 4 is 23.5 Å². The first-order valence-electron chi connectivity index (χ1n) is 6.37. The molecule has 1 aliphatic heterocycles. The van der Waals surface area contributed by atoms with Crippen LogP contribution in [0.2, 0.25) is 5.22 Å². The molecule has 0 radical (unpaired) electrons. The molecule has 2 heterocycles. The predicted octanol–water partition coefficient (Wildman–Crippen LogP) is 2.82. The summed E-state index contributed by atoms with van der Waals surface area (Å²) in [5.74, 6) is -1.09. The maximum atomic E-state index is 12.3. The molecule has 0 spiro atoms. The molecule has 2 rings (SSSR count). The van der Waals surface area contributed by atoms with Gasteiger partial charge in [-0.25, -0.2) is 0 Å². The number of carboxylic acids is 1. The van der Waals surface area contributed by atoms with Crippen LogP contribution < -0.4 is 0 Å². The van der Waals surface area contributed by atoms with Crippen LogP contribution in [0.25, 0.3) is 0 Å². The van der Waals surface area contributed by atoms with E-state index in [-0.39, 0.29) is 23.4 Å². The average molecular weight is 298 g/mol. The van der Waals surface area contributed by atoms with Crippen LogP contribution in [0.15, 0.2) is 29.2 Å². The van der Waals surface area contributed by atoms with E-state index in [1.165, 1.54) is 17.0 Å². The molecular formula is C14H16ClNO4. The molecule has 1 saturated heterocycles. The smallest absolute Gasteiger partial charge is 0.311 e. The number of likely N-dealkylation sites (tertiary alicyclic amines) is 1. The van der Waals surface area contributed by atoms with Gasteiger partial charge in [-0.1, -0.05) is 6.08 Å². The third kappa shape index (κ3) is 2.72. The third-order valence-electron chi connectivity index (χ3n) is 3.64. The first-order chi connectivity index (χ1) is 9.48. The molecule has 1 amide bonds. The Kier molecular flexibility index (Phi) is 4.18. The van der Waals surface area contributed by atoms with Crippen molar-refractivity contribution in [2.75, 3.05) is 13.1 Å². The number of nitrogens with zero attached hydrogens (tertiary/aromatic N) is 1. The van der Waals surface area contributed by atoms with Crippen molar-refractivity contribution in [1.82, 2.24) is 4.90 Å². The van der Waals surface area contributed by atoms with Gasteiger partial charge in [0, 0.05) is 13.1 Å². The Bertz CT molecular complexity index is 539. The summed E-state index contributed by atoms with van der Waals surface area (Å²) in [6, 6.07) is 2.99. The van der Waals surface area contributed by atoms with Crippen molar-refractivity contribution in [3.63, 3.8) is 0 Å². The Morgan fingerprint density at radius 3 is 2.85 bits per heavy atom. The fourth-order valence-electron chi connectivity index (χ4n) is 2.59. The van der Waals surface area contributed by atoms with E-state index >= 15 is 0 Å². The Hall–Kier alpha value is -1.75. The lowest BCUT2D eigenvalue weighted by Gasteiger charge is -2.39. The summed E-state index contributed by atoms with van der Waals surface area (Å²) in [6.07, 6.45) is 3.11. The maximum absolute atomic E-state index is 12.3. The fraction of sp³-hybridized carbons (Fsp3) is 0.429. The molecule has 1 fully saturated rings. The maximum Gasteiger partial charge on any atom is 0.311 e. The standard InChI is InChI=1S/C14H16ClNO4/c1-2-6-14(13(18)19)7-3-8-16(9-14)12(17)10-4-5-11(15)20-10/h2,4-5H,1,3,6-9H2,(H,18,19)/t14-/m1/s1. The van der Waals surface area contributed by atoms with Crippen molar-refractivity contribution in [2.45, 2.75) is 19.3 Å². The van der Waals surface area contributed by atoms with Crippen LogP contribution in [0.4, 0.5) is 0 Å². The minimum absolute atomic E-state index is 0.134. The van der Waals surface area contributed by atoms with Gasteiger partial charge in [-0.15, -0.1) is 6.58 Å². The second kappa shape index (κ2) is 5.71. The molecule has 0 unspecified atom stereocenters. The molecule has 1 N–H and O–H groups in total. The molecule has 6 heteroatoms. The van der Waals surface area contributed by atoms with E-state index in [0.717, 1.165) is 0 Å². The quantitative estimate of drug-likeness (QED) is 0.868. The van der Waals surface area contributed by atoms with Gasteiger partial charge in [-0.2, -0.15) is 0 Å². The van der Waals surface area contributed by atoms with Crippen LogP contribution in [0, 0.1) is 5.41 Å². The van der Waals surface area contributed by atoms with Gasteiger partial charge in [-0.3, -0.25) is 9.59 Å². The van der Waals surface area contributed by atoms with Crippen LogP contribution in [-0.4, -0.2) is 35.0 Å². The van der Waals surface area contributed by atoms with Crippen LogP contribution >= 0.6 is 11.6 Å². The minimum atomic E-state index is -0.952. The first kappa shape index (κ1) is 14.7. The third-order valence-corrected chi connectivity index (χ3v) is 3.84. The molecule has 0 aliphatic carbocycles. The van der Waals surface area contributed by atoms with Crippen molar-refractivity contribution in [2.24, 2.45) is 5.41 Å². The largest absolute Gasteiger partial charge is 0.481 e. The molecule has 5 nitrogen and oxygen atoms in total. The van der Waals surface area contributed by atoms with Gasteiger partial charge in [0.25, 0.3) is 5.91 Å². The second-order valence-corrected chi connectivity index (χ2v) is 5.38. The van der Waals surface area contributed by atoms with Crippen molar-refractivity contribution in [3.8, 4) is 0 Å². The van der Waals surface area contributed by atoms with E-state index in [1.54, 1.807) is 6.08 Å². The zero-order valence-corrected chi connectivity index (χ0v) is 11.7.